The van der Waals surface area contributed by atoms with E-state index in [4.69, 9.17) is 14.2 Å². The van der Waals surface area contributed by atoms with Crippen molar-refractivity contribution in [3.05, 3.63) is 0 Å². The van der Waals surface area contributed by atoms with E-state index < -0.39 is 11.9 Å². The summed E-state index contributed by atoms with van der Waals surface area (Å²) in [6.45, 7) is 2.23. The van der Waals surface area contributed by atoms with E-state index in [1.165, 1.54) is 0 Å². The average Bonchev–Trinajstić information content (AvgIpc) is 3.08. The van der Waals surface area contributed by atoms with Crippen LogP contribution in [-0.2, 0) is 19.0 Å². The third-order valence-corrected chi connectivity index (χ3v) is 5.00. The van der Waals surface area contributed by atoms with Gasteiger partial charge in [0.05, 0.1) is 32.3 Å². The van der Waals surface area contributed by atoms with E-state index in [-0.39, 0.29) is 11.8 Å². The van der Waals surface area contributed by atoms with Crippen LogP contribution in [0.4, 0.5) is 0 Å². The van der Waals surface area contributed by atoms with E-state index in [0.717, 1.165) is 25.7 Å². The van der Waals surface area contributed by atoms with Crippen LogP contribution in [0.15, 0.2) is 0 Å². The Labute approximate surface area is 119 Å². The number of hydrogen-bond acceptors (Lipinski definition) is 5. The monoisotopic (exact) mass is 285 g/mol. The van der Waals surface area contributed by atoms with Gasteiger partial charge in [0.25, 0.3) is 0 Å². The minimum Gasteiger partial charge on any atom is -0.481 e. The first-order chi connectivity index (χ1) is 9.61. The highest BCUT2D eigenvalue weighted by atomic mass is 16.7. The molecule has 1 saturated carbocycles. The highest BCUT2D eigenvalue weighted by Gasteiger charge is 2.44. The van der Waals surface area contributed by atoms with Gasteiger partial charge in [-0.3, -0.25) is 9.69 Å². The first-order valence-electron chi connectivity index (χ1n) is 7.42. The lowest BCUT2D eigenvalue weighted by molar-refractivity contribution is -0.184. The molecule has 6 nitrogen and oxygen atoms in total. The molecular formula is C14H23NO5. The smallest absolute Gasteiger partial charge is 0.310 e. The van der Waals surface area contributed by atoms with E-state index >= 15 is 0 Å². The topological polar surface area (TPSA) is 68.2 Å². The van der Waals surface area contributed by atoms with Gasteiger partial charge in [-0.2, -0.15) is 0 Å². The van der Waals surface area contributed by atoms with Crippen LogP contribution < -0.4 is 0 Å². The van der Waals surface area contributed by atoms with Crippen molar-refractivity contribution < 1.29 is 24.1 Å². The SMILES string of the molecule is CN(C1CCC2(CC1)OCCO2)C1COCC1C(=O)O. The lowest BCUT2D eigenvalue weighted by Crippen LogP contribution is -2.49. The Kier molecular flexibility index (Phi) is 3.99. The van der Waals surface area contributed by atoms with Crippen molar-refractivity contribution in [2.45, 2.75) is 43.6 Å². The molecule has 6 heteroatoms. The quantitative estimate of drug-likeness (QED) is 0.823. The van der Waals surface area contributed by atoms with Crippen LogP contribution in [0.3, 0.4) is 0 Å². The van der Waals surface area contributed by atoms with Crippen molar-refractivity contribution in [1.82, 2.24) is 4.90 Å². The number of rotatable bonds is 3. The number of hydrogen-bond donors (Lipinski definition) is 1. The summed E-state index contributed by atoms with van der Waals surface area (Å²) in [7, 11) is 2.02. The summed E-state index contributed by atoms with van der Waals surface area (Å²) in [6, 6.07) is 0.374. The summed E-state index contributed by atoms with van der Waals surface area (Å²) >= 11 is 0. The van der Waals surface area contributed by atoms with Gasteiger partial charge in [-0.15, -0.1) is 0 Å². The molecule has 0 amide bonds. The summed E-state index contributed by atoms with van der Waals surface area (Å²) in [5.41, 5.74) is 0. The lowest BCUT2D eigenvalue weighted by atomic mass is 9.87. The average molecular weight is 285 g/mol. The fourth-order valence-electron chi connectivity index (χ4n) is 3.69. The van der Waals surface area contributed by atoms with Gasteiger partial charge in [0.2, 0.25) is 0 Å². The summed E-state index contributed by atoms with van der Waals surface area (Å²) in [6.07, 6.45) is 3.76. The largest absolute Gasteiger partial charge is 0.481 e. The molecule has 20 heavy (non-hydrogen) atoms. The molecule has 1 aliphatic carbocycles. The predicted molar refractivity (Wildman–Crippen MR) is 70.4 cm³/mol. The van der Waals surface area contributed by atoms with Crippen LogP contribution in [0.25, 0.3) is 0 Å². The maximum atomic E-state index is 11.3. The Hall–Kier alpha value is -0.690. The van der Waals surface area contributed by atoms with Gasteiger partial charge in [-0.1, -0.05) is 0 Å². The zero-order valence-electron chi connectivity index (χ0n) is 11.9. The maximum Gasteiger partial charge on any atom is 0.310 e. The highest BCUT2D eigenvalue weighted by Crippen LogP contribution is 2.38. The molecule has 0 aromatic heterocycles. The van der Waals surface area contributed by atoms with Crippen LogP contribution in [0.1, 0.15) is 25.7 Å². The number of carboxylic acid groups (broad SMARTS) is 1. The lowest BCUT2D eigenvalue weighted by Gasteiger charge is -2.41. The van der Waals surface area contributed by atoms with Crippen molar-refractivity contribution in [2.24, 2.45) is 5.92 Å². The molecule has 0 aromatic rings. The Bertz CT molecular complexity index is 359. The number of likely N-dealkylation sites (N-methyl/N-ethyl adjacent to an activating group) is 1. The van der Waals surface area contributed by atoms with Crippen molar-refractivity contribution in [1.29, 1.82) is 0 Å². The van der Waals surface area contributed by atoms with Gasteiger partial charge in [-0.05, 0) is 19.9 Å². The van der Waals surface area contributed by atoms with E-state index in [1.54, 1.807) is 0 Å². The minimum absolute atomic E-state index is 0.0167. The van der Waals surface area contributed by atoms with Crippen LogP contribution in [0, 0.1) is 5.92 Å². The van der Waals surface area contributed by atoms with Crippen LogP contribution >= 0.6 is 0 Å². The van der Waals surface area contributed by atoms with Crippen molar-refractivity contribution >= 4 is 5.97 Å². The molecule has 3 aliphatic rings. The maximum absolute atomic E-state index is 11.3. The molecule has 1 N–H and O–H groups in total. The fraction of sp³-hybridized carbons (Fsp3) is 0.929. The summed E-state index contributed by atoms with van der Waals surface area (Å²) < 4.78 is 16.8. The second kappa shape index (κ2) is 5.60. The number of carboxylic acids is 1. The minimum atomic E-state index is -0.755. The number of carbonyl (C=O) groups is 1. The number of ether oxygens (including phenoxy) is 3. The number of nitrogens with zero attached hydrogens (tertiary/aromatic N) is 1. The van der Waals surface area contributed by atoms with Gasteiger partial charge in [0.15, 0.2) is 5.79 Å². The molecule has 3 rings (SSSR count). The highest BCUT2D eigenvalue weighted by molar-refractivity contribution is 5.71. The van der Waals surface area contributed by atoms with E-state index in [0.29, 0.717) is 32.5 Å². The molecule has 2 saturated heterocycles. The fourth-order valence-corrected chi connectivity index (χ4v) is 3.69. The molecule has 2 unspecified atom stereocenters. The van der Waals surface area contributed by atoms with E-state index in [1.807, 2.05) is 7.05 Å². The molecule has 0 aromatic carbocycles. The first-order valence-corrected chi connectivity index (χ1v) is 7.42. The second-order valence-corrected chi connectivity index (χ2v) is 6.05. The molecular weight excluding hydrogens is 262 g/mol. The molecule has 1 spiro atoms. The first kappa shape index (κ1) is 14.3. The second-order valence-electron chi connectivity index (χ2n) is 6.05. The molecule has 3 fully saturated rings. The standard InChI is InChI=1S/C14H23NO5/c1-15(12-9-18-8-11(12)13(16)17)10-2-4-14(5-3-10)19-6-7-20-14/h10-12H,2-9H2,1H3,(H,16,17). The molecule has 2 atom stereocenters. The Morgan fingerprint density at radius 2 is 1.85 bits per heavy atom. The molecule has 114 valence electrons. The van der Waals surface area contributed by atoms with E-state index in [2.05, 4.69) is 4.90 Å². The molecule has 2 heterocycles. The van der Waals surface area contributed by atoms with Crippen LogP contribution in [0.2, 0.25) is 0 Å². The summed E-state index contributed by atoms with van der Waals surface area (Å²) in [5.74, 6) is -1.51. The van der Waals surface area contributed by atoms with Crippen molar-refractivity contribution in [2.75, 3.05) is 33.5 Å². The summed E-state index contributed by atoms with van der Waals surface area (Å²) in [5, 5.41) is 9.25. The van der Waals surface area contributed by atoms with Gasteiger partial charge in [0, 0.05) is 24.9 Å². The Balaban J connectivity index is 1.58. The normalized spacial score (nSPS) is 34.1. The Morgan fingerprint density at radius 1 is 1.20 bits per heavy atom. The molecule has 0 radical (unpaired) electrons. The third-order valence-electron chi connectivity index (χ3n) is 5.00. The third kappa shape index (κ3) is 2.57. The van der Waals surface area contributed by atoms with E-state index in [9.17, 15) is 9.90 Å². The zero-order chi connectivity index (χ0) is 14.2. The predicted octanol–water partition coefficient (Wildman–Crippen LogP) is 0.704. The molecule has 2 aliphatic heterocycles. The summed E-state index contributed by atoms with van der Waals surface area (Å²) in [4.78, 5) is 13.5. The van der Waals surface area contributed by atoms with Crippen molar-refractivity contribution in [3.63, 3.8) is 0 Å². The van der Waals surface area contributed by atoms with Gasteiger partial charge < -0.3 is 19.3 Å². The van der Waals surface area contributed by atoms with Crippen LogP contribution in [0.5, 0.6) is 0 Å². The number of aliphatic carboxylic acids is 1. The molecule has 0 bridgehead atoms. The zero-order valence-corrected chi connectivity index (χ0v) is 11.9. The van der Waals surface area contributed by atoms with Crippen molar-refractivity contribution in [3.8, 4) is 0 Å². The Morgan fingerprint density at radius 3 is 2.45 bits per heavy atom. The van der Waals surface area contributed by atoms with Gasteiger partial charge in [-0.25, -0.2) is 0 Å². The van der Waals surface area contributed by atoms with Gasteiger partial charge in [0.1, 0.15) is 0 Å². The van der Waals surface area contributed by atoms with Crippen LogP contribution in [-0.4, -0.2) is 67.3 Å². The van der Waals surface area contributed by atoms with Gasteiger partial charge >= 0.3 is 5.97 Å².